The summed E-state index contributed by atoms with van der Waals surface area (Å²) in [6, 6.07) is 0. The maximum Gasteiger partial charge on any atom is 0.239 e. The van der Waals surface area contributed by atoms with E-state index >= 15 is 0 Å². The van der Waals surface area contributed by atoms with E-state index in [1.54, 1.807) is 20.9 Å². The molecule has 0 unspecified atom stereocenters. The van der Waals surface area contributed by atoms with Gasteiger partial charge in [-0.3, -0.25) is 9.59 Å². The molecule has 0 aromatic carbocycles. The normalized spacial score (nSPS) is 11.0. The number of carbonyl (C=O) groups excluding carboxylic acids is 2. The number of carbonyl (C=O) groups is 2. The number of amides is 2. The van der Waals surface area contributed by atoms with Gasteiger partial charge in [-0.2, -0.15) is 0 Å². The molecule has 0 aromatic heterocycles. The lowest BCUT2D eigenvalue weighted by molar-refractivity contribution is -0.135. The van der Waals surface area contributed by atoms with Gasteiger partial charge in [0.1, 0.15) is 0 Å². The van der Waals surface area contributed by atoms with E-state index in [4.69, 9.17) is 0 Å². The highest BCUT2D eigenvalue weighted by molar-refractivity contribution is 9.10. The predicted octanol–water partition coefficient (Wildman–Crippen LogP) is 1.14. The van der Waals surface area contributed by atoms with Crippen LogP contribution in [0.3, 0.4) is 0 Å². The summed E-state index contributed by atoms with van der Waals surface area (Å²) in [6.07, 6.45) is 0.896. The second kappa shape index (κ2) is 6.10. The van der Waals surface area contributed by atoms with Gasteiger partial charge >= 0.3 is 0 Å². The SMILES string of the molecule is CCCNC(=O)CN(C)C(=O)C(C)(C)Br. The van der Waals surface area contributed by atoms with E-state index < -0.39 is 4.32 Å². The number of halogens is 1. The molecule has 0 rings (SSSR count). The Morgan fingerprint density at radius 2 is 1.93 bits per heavy atom. The van der Waals surface area contributed by atoms with Crippen LogP contribution in [0.15, 0.2) is 0 Å². The zero-order chi connectivity index (χ0) is 12.1. The highest BCUT2D eigenvalue weighted by atomic mass is 79.9. The second-order valence-electron chi connectivity index (χ2n) is 3.98. The molecule has 0 saturated carbocycles. The molecular formula is C10H19BrN2O2. The topological polar surface area (TPSA) is 49.4 Å². The quantitative estimate of drug-likeness (QED) is 0.767. The molecule has 0 heterocycles. The van der Waals surface area contributed by atoms with Crippen LogP contribution in [0.2, 0.25) is 0 Å². The van der Waals surface area contributed by atoms with Crippen LogP contribution in [0.5, 0.6) is 0 Å². The maximum absolute atomic E-state index is 11.7. The first-order valence-electron chi connectivity index (χ1n) is 5.00. The number of rotatable bonds is 5. The third-order valence-corrected chi connectivity index (χ3v) is 2.15. The minimum absolute atomic E-state index is 0.103. The van der Waals surface area contributed by atoms with Crippen LogP contribution in [-0.2, 0) is 9.59 Å². The standard InChI is InChI=1S/C10H19BrN2O2/c1-5-6-12-8(14)7-13(4)9(15)10(2,3)11/h5-7H2,1-4H3,(H,12,14). The van der Waals surface area contributed by atoms with E-state index in [0.717, 1.165) is 6.42 Å². The van der Waals surface area contributed by atoms with Crippen molar-refractivity contribution < 1.29 is 9.59 Å². The number of nitrogens with one attached hydrogen (secondary N) is 1. The molecule has 0 bridgehead atoms. The first kappa shape index (κ1) is 14.4. The van der Waals surface area contributed by atoms with Crippen molar-refractivity contribution >= 4 is 27.7 Å². The van der Waals surface area contributed by atoms with Crippen molar-refractivity contribution in [1.29, 1.82) is 0 Å². The van der Waals surface area contributed by atoms with Gasteiger partial charge in [0.05, 0.1) is 10.9 Å². The van der Waals surface area contributed by atoms with Gasteiger partial charge in [0, 0.05) is 13.6 Å². The van der Waals surface area contributed by atoms with Crippen molar-refractivity contribution in [2.75, 3.05) is 20.1 Å². The molecule has 5 heteroatoms. The molecule has 0 fully saturated rings. The molecular weight excluding hydrogens is 260 g/mol. The number of likely N-dealkylation sites (N-methyl/N-ethyl adjacent to an activating group) is 1. The summed E-state index contributed by atoms with van der Waals surface area (Å²) in [4.78, 5) is 24.4. The summed E-state index contributed by atoms with van der Waals surface area (Å²) >= 11 is 3.26. The molecule has 15 heavy (non-hydrogen) atoms. The van der Waals surface area contributed by atoms with Gasteiger partial charge in [-0.25, -0.2) is 0 Å². The van der Waals surface area contributed by atoms with E-state index in [0.29, 0.717) is 6.54 Å². The minimum atomic E-state index is -0.618. The van der Waals surface area contributed by atoms with Crippen molar-refractivity contribution in [3.8, 4) is 0 Å². The number of alkyl halides is 1. The Hall–Kier alpha value is -0.580. The first-order chi connectivity index (χ1) is 6.79. The van der Waals surface area contributed by atoms with E-state index in [1.165, 1.54) is 4.90 Å². The summed E-state index contributed by atoms with van der Waals surface area (Å²) in [5.74, 6) is -0.224. The van der Waals surface area contributed by atoms with Crippen LogP contribution < -0.4 is 5.32 Å². The molecule has 0 atom stereocenters. The van der Waals surface area contributed by atoms with Crippen molar-refractivity contribution in [3.63, 3.8) is 0 Å². The fraction of sp³-hybridized carbons (Fsp3) is 0.800. The van der Waals surface area contributed by atoms with Crippen molar-refractivity contribution in [2.45, 2.75) is 31.5 Å². The Morgan fingerprint density at radius 1 is 1.40 bits per heavy atom. The average Bonchev–Trinajstić information content (AvgIpc) is 2.11. The summed E-state index contributed by atoms with van der Waals surface area (Å²) < 4.78 is -0.618. The second-order valence-corrected chi connectivity index (χ2v) is 5.97. The summed E-state index contributed by atoms with van der Waals surface area (Å²) in [7, 11) is 1.62. The molecule has 0 saturated heterocycles. The molecule has 0 spiro atoms. The van der Waals surface area contributed by atoms with Crippen LogP contribution >= 0.6 is 15.9 Å². The monoisotopic (exact) mass is 278 g/mol. The van der Waals surface area contributed by atoms with Crippen molar-refractivity contribution in [1.82, 2.24) is 10.2 Å². The van der Waals surface area contributed by atoms with E-state index in [1.807, 2.05) is 6.92 Å². The summed E-state index contributed by atoms with van der Waals surface area (Å²) in [5, 5.41) is 2.72. The maximum atomic E-state index is 11.7. The van der Waals surface area contributed by atoms with Gasteiger partial charge in [-0.1, -0.05) is 22.9 Å². The molecule has 0 aliphatic carbocycles. The minimum Gasteiger partial charge on any atom is -0.355 e. The zero-order valence-electron chi connectivity index (χ0n) is 9.76. The number of nitrogens with zero attached hydrogens (tertiary/aromatic N) is 1. The van der Waals surface area contributed by atoms with Gasteiger partial charge in [0.15, 0.2) is 0 Å². The average molecular weight is 279 g/mol. The molecule has 0 aliphatic rings. The van der Waals surface area contributed by atoms with Crippen LogP contribution in [-0.4, -0.2) is 41.2 Å². The Morgan fingerprint density at radius 3 is 2.33 bits per heavy atom. The van der Waals surface area contributed by atoms with E-state index in [2.05, 4.69) is 21.2 Å². The fourth-order valence-corrected chi connectivity index (χ4v) is 1.36. The molecule has 1 N–H and O–H groups in total. The highest BCUT2D eigenvalue weighted by Gasteiger charge is 2.27. The molecule has 0 aromatic rings. The molecule has 4 nitrogen and oxygen atoms in total. The van der Waals surface area contributed by atoms with Crippen LogP contribution in [0.1, 0.15) is 27.2 Å². The van der Waals surface area contributed by atoms with Gasteiger partial charge in [0.2, 0.25) is 11.8 Å². The van der Waals surface area contributed by atoms with Crippen LogP contribution in [0.4, 0.5) is 0 Å². The number of hydrogen-bond acceptors (Lipinski definition) is 2. The Balaban J connectivity index is 4.08. The Bertz CT molecular complexity index is 236. The first-order valence-corrected chi connectivity index (χ1v) is 5.79. The third-order valence-electron chi connectivity index (χ3n) is 1.81. The lowest BCUT2D eigenvalue weighted by Gasteiger charge is -2.24. The van der Waals surface area contributed by atoms with Crippen LogP contribution in [0.25, 0.3) is 0 Å². The third kappa shape index (κ3) is 5.77. The van der Waals surface area contributed by atoms with Gasteiger partial charge < -0.3 is 10.2 Å². The van der Waals surface area contributed by atoms with Gasteiger partial charge in [-0.15, -0.1) is 0 Å². The fourth-order valence-electron chi connectivity index (χ4n) is 1.06. The largest absolute Gasteiger partial charge is 0.355 e. The van der Waals surface area contributed by atoms with E-state index in [9.17, 15) is 9.59 Å². The Kier molecular flexibility index (Phi) is 5.87. The predicted molar refractivity (Wildman–Crippen MR) is 63.9 cm³/mol. The smallest absolute Gasteiger partial charge is 0.239 e. The molecule has 88 valence electrons. The van der Waals surface area contributed by atoms with Gasteiger partial charge in [0.25, 0.3) is 0 Å². The molecule has 0 aliphatic heterocycles. The molecule has 2 amide bonds. The summed E-state index contributed by atoms with van der Waals surface area (Å²) in [5.41, 5.74) is 0. The lowest BCUT2D eigenvalue weighted by Crippen LogP contribution is -2.44. The highest BCUT2D eigenvalue weighted by Crippen LogP contribution is 2.18. The number of hydrogen-bond donors (Lipinski definition) is 1. The van der Waals surface area contributed by atoms with Crippen molar-refractivity contribution in [2.24, 2.45) is 0 Å². The Labute approximate surface area is 99.5 Å². The van der Waals surface area contributed by atoms with Crippen molar-refractivity contribution in [3.05, 3.63) is 0 Å². The van der Waals surface area contributed by atoms with Gasteiger partial charge in [-0.05, 0) is 20.3 Å². The van der Waals surface area contributed by atoms with E-state index in [-0.39, 0.29) is 18.4 Å². The summed E-state index contributed by atoms with van der Waals surface area (Å²) in [6.45, 7) is 6.26. The van der Waals surface area contributed by atoms with Crippen LogP contribution in [0, 0.1) is 0 Å². The lowest BCUT2D eigenvalue weighted by atomic mass is 10.2. The zero-order valence-corrected chi connectivity index (χ0v) is 11.3. The molecule has 0 radical (unpaired) electrons.